The second-order valence-electron chi connectivity index (χ2n) is 20.3. The molecule has 0 bridgehead atoms. The smallest absolute Gasteiger partial charge is 0.329 e. The number of aliphatic hydroxyl groups excluding tert-OH is 1. The highest BCUT2D eigenvalue weighted by Crippen LogP contribution is 2.57. The van der Waals surface area contributed by atoms with Crippen molar-refractivity contribution in [2.45, 2.75) is 94.2 Å². The second kappa shape index (κ2) is 20.8. The van der Waals surface area contributed by atoms with Crippen molar-refractivity contribution in [1.29, 1.82) is 0 Å². The first kappa shape index (κ1) is 51.2. The molecule has 15 nitrogen and oxygen atoms in total. The molecular formula is C54H59ClF4N8O7. The van der Waals surface area contributed by atoms with Crippen LogP contribution in [0.15, 0.2) is 54.6 Å². The Morgan fingerprint density at radius 3 is 2.38 bits per heavy atom. The van der Waals surface area contributed by atoms with Crippen LogP contribution < -0.4 is 30.7 Å². The van der Waals surface area contributed by atoms with E-state index in [2.05, 4.69) is 20.6 Å². The van der Waals surface area contributed by atoms with Gasteiger partial charge in [0.05, 0.1) is 22.6 Å². The molecule has 3 saturated heterocycles. The number of urea groups is 1. The lowest BCUT2D eigenvalue weighted by molar-refractivity contribution is -0.138. The molecule has 5 amide bonds. The van der Waals surface area contributed by atoms with Crippen molar-refractivity contribution in [3.05, 3.63) is 105 Å². The highest BCUT2D eigenvalue weighted by Gasteiger charge is 2.50. The van der Waals surface area contributed by atoms with E-state index in [1.165, 1.54) is 33.8 Å². The van der Waals surface area contributed by atoms with E-state index in [1.807, 2.05) is 42.2 Å². The molecule has 1 saturated carbocycles. The van der Waals surface area contributed by atoms with Crippen molar-refractivity contribution < 1.29 is 51.3 Å². The number of likely N-dealkylation sites (tertiary alicyclic amines) is 2. The van der Waals surface area contributed by atoms with E-state index in [0.717, 1.165) is 18.4 Å². The molecule has 5 aliphatic rings. The van der Waals surface area contributed by atoms with Gasteiger partial charge in [-0.3, -0.25) is 29.3 Å². The third-order valence-corrected chi connectivity index (χ3v) is 16.5. The number of amides is 5. The van der Waals surface area contributed by atoms with E-state index in [4.69, 9.17) is 26.8 Å². The first-order valence-electron chi connectivity index (χ1n) is 25.4. The first-order valence-corrected chi connectivity index (χ1v) is 25.8. The highest BCUT2D eigenvalue weighted by atomic mass is 35.5. The van der Waals surface area contributed by atoms with Gasteiger partial charge in [-0.1, -0.05) is 48.9 Å². The summed E-state index contributed by atoms with van der Waals surface area (Å²) in [6, 6.07) is 13.7. The van der Waals surface area contributed by atoms with Crippen LogP contribution in [0.4, 0.5) is 28.2 Å². The number of rotatable bonds is 14. The molecule has 4 fully saturated rings. The van der Waals surface area contributed by atoms with Gasteiger partial charge in [0.25, 0.3) is 0 Å². The van der Waals surface area contributed by atoms with Crippen LogP contribution in [-0.4, -0.2) is 113 Å². The number of hydrogen-bond acceptors (Lipinski definition) is 10. The average molecular weight is 1040 g/mol. The summed E-state index contributed by atoms with van der Waals surface area (Å²) in [6.07, 6.45) is 5.61. The molecule has 5 heterocycles. The quantitative estimate of drug-likeness (QED) is 0.0802. The zero-order valence-corrected chi connectivity index (χ0v) is 42.0. The number of aryl methyl sites for hydroxylation is 1. The Hall–Kier alpha value is -6.28. The Morgan fingerprint density at radius 2 is 1.68 bits per heavy atom. The zero-order chi connectivity index (χ0) is 52.2. The van der Waals surface area contributed by atoms with Crippen LogP contribution in [0, 0.1) is 29.2 Å². The molecule has 0 radical (unpaired) electrons. The zero-order valence-electron chi connectivity index (χ0n) is 41.2. The lowest BCUT2D eigenvalue weighted by atomic mass is 9.77. The fourth-order valence-corrected chi connectivity index (χ4v) is 12.5. The largest absolute Gasteiger partial charge is 0.488 e. The van der Waals surface area contributed by atoms with Crippen LogP contribution in [0.3, 0.4) is 0 Å². The van der Waals surface area contributed by atoms with Crippen molar-refractivity contribution in [2.75, 3.05) is 57.4 Å². The van der Waals surface area contributed by atoms with E-state index < -0.39 is 64.3 Å². The highest BCUT2D eigenvalue weighted by molar-refractivity contribution is 6.34. The Bertz CT molecular complexity index is 3020. The summed E-state index contributed by atoms with van der Waals surface area (Å²) in [5.41, 5.74) is 5.22. The summed E-state index contributed by atoms with van der Waals surface area (Å²) in [7, 11) is 1.55. The van der Waals surface area contributed by atoms with Gasteiger partial charge < -0.3 is 35.4 Å². The summed E-state index contributed by atoms with van der Waals surface area (Å²) >= 11 is 6.72. The van der Waals surface area contributed by atoms with Crippen molar-refractivity contribution in [2.24, 2.45) is 18.7 Å². The summed E-state index contributed by atoms with van der Waals surface area (Å²) < 4.78 is 78.2. The Balaban J connectivity index is 0.786. The molecule has 5 aromatic rings. The van der Waals surface area contributed by atoms with Crippen molar-refractivity contribution in [3.8, 4) is 22.6 Å². The van der Waals surface area contributed by atoms with E-state index in [1.54, 1.807) is 7.05 Å². The Labute approximate surface area is 430 Å². The van der Waals surface area contributed by atoms with E-state index in [-0.39, 0.29) is 106 Å². The van der Waals surface area contributed by atoms with Crippen LogP contribution >= 0.6 is 11.6 Å². The Morgan fingerprint density at radius 1 is 0.932 bits per heavy atom. The maximum absolute atomic E-state index is 16.5. The van der Waals surface area contributed by atoms with Gasteiger partial charge in [0.2, 0.25) is 17.7 Å². The number of nitrogens with zero attached hydrogens (tertiary/aromatic N) is 5. The molecule has 4 aromatic carbocycles. The van der Waals surface area contributed by atoms with Crippen LogP contribution in [0.1, 0.15) is 104 Å². The van der Waals surface area contributed by atoms with Crippen molar-refractivity contribution in [1.82, 2.24) is 30.2 Å². The number of piperidine rings is 1. The number of nitrogens with two attached hydrogens (primary N) is 1. The molecule has 5 N–H and O–H groups in total. The molecule has 1 aliphatic carbocycles. The van der Waals surface area contributed by atoms with Crippen LogP contribution in [0.25, 0.3) is 22.0 Å². The van der Waals surface area contributed by atoms with Gasteiger partial charge in [-0.05, 0) is 94.1 Å². The summed E-state index contributed by atoms with van der Waals surface area (Å²) in [6.45, 7) is 4.11. The summed E-state index contributed by atoms with van der Waals surface area (Å²) in [5, 5.41) is 19.4. The predicted molar refractivity (Wildman–Crippen MR) is 268 cm³/mol. The first-order chi connectivity index (χ1) is 35.6. The maximum Gasteiger partial charge on any atom is 0.329 e. The number of aromatic nitrogens is 2. The molecular weight excluding hydrogens is 984 g/mol. The number of carbonyl (C=O) groups excluding carboxylic acids is 4. The van der Waals surface area contributed by atoms with Crippen LogP contribution in [0.2, 0.25) is 5.02 Å². The fourth-order valence-electron chi connectivity index (χ4n) is 12.3. The second-order valence-corrected chi connectivity index (χ2v) is 20.7. The maximum atomic E-state index is 16.5. The number of primary amides is 1. The molecule has 392 valence electrons. The number of halogens is 5. The average Bonchev–Trinajstić information content (AvgIpc) is 4.07. The van der Waals surface area contributed by atoms with Crippen LogP contribution in [0.5, 0.6) is 11.5 Å². The number of carbonyl (C=O) groups is 4. The normalized spacial score (nSPS) is 23.6. The standard InChI is InChI=1S/C54H59ClF4N8O7/c1-29-42-40(26-38(57)46(55)45(42)44-35(50(60)70)14-15-39(47(44)58)73-24-23-68)74-54(29,32-7-4-3-5-8-32)28-61-33-12-10-31(11-13-33)52(71)66-19-6-9-34(66)27-65-20-16-30(17-21-65)43-37(56)25-36-49(48(43)59)64(2)63-51(36)67-22-18-41(69)62-53(67)72/h3-5,7-8,14-15,25-26,29-31,33-34,61,68H,6,9-13,16-24,27-28H2,1-2H3,(H2,60,70)(H,62,69,72)/t29-,31?,33?,34+,54-/m0/s1. The molecule has 74 heavy (non-hydrogen) atoms. The van der Waals surface area contributed by atoms with Gasteiger partial charge in [0.15, 0.2) is 28.8 Å². The summed E-state index contributed by atoms with van der Waals surface area (Å²) in [4.78, 5) is 57.0. The van der Waals surface area contributed by atoms with Gasteiger partial charge in [-0.25, -0.2) is 22.4 Å². The van der Waals surface area contributed by atoms with Crippen LogP contribution in [-0.2, 0) is 22.2 Å². The fraction of sp³-hybridized carbons (Fsp3) is 0.463. The lowest BCUT2D eigenvalue weighted by Gasteiger charge is -2.39. The molecule has 10 rings (SSSR count). The summed E-state index contributed by atoms with van der Waals surface area (Å²) in [5.74, 6) is -5.70. The number of ether oxygens (including phenoxy) is 2. The number of aliphatic hydroxyl groups is 1. The molecule has 20 heteroatoms. The third kappa shape index (κ3) is 9.23. The minimum absolute atomic E-state index is 0.00677. The minimum Gasteiger partial charge on any atom is -0.488 e. The number of benzene rings is 4. The number of hydrogen-bond donors (Lipinski definition) is 4. The minimum atomic E-state index is -1.15. The predicted octanol–water partition coefficient (Wildman–Crippen LogP) is 7.78. The molecule has 4 aliphatic heterocycles. The van der Waals surface area contributed by atoms with Crippen molar-refractivity contribution in [3.63, 3.8) is 0 Å². The van der Waals surface area contributed by atoms with Gasteiger partial charge in [-0.2, -0.15) is 5.10 Å². The number of anilines is 1. The van der Waals surface area contributed by atoms with Gasteiger partial charge in [0, 0.05) is 91.9 Å². The van der Waals surface area contributed by atoms with E-state index >= 15 is 17.6 Å². The lowest BCUT2D eigenvalue weighted by Crippen LogP contribution is -2.50. The van der Waals surface area contributed by atoms with Gasteiger partial charge in [0.1, 0.15) is 29.5 Å². The topological polar surface area (TPSA) is 185 Å². The number of imide groups is 1. The van der Waals surface area contributed by atoms with Crippen molar-refractivity contribution >= 4 is 52.1 Å². The monoisotopic (exact) mass is 1040 g/mol. The van der Waals surface area contributed by atoms with E-state index in [9.17, 15) is 24.3 Å². The van der Waals surface area contributed by atoms with Gasteiger partial charge in [-0.15, -0.1) is 0 Å². The Kier molecular flexibility index (Phi) is 14.4. The molecule has 0 unspecified atom stereocenters. The molecule has 3 atom stereocenters. The number of fused-ring (bicyclic) bond motifs is 2. The SMILES string of the molecule is C[C@H]1c2c(cc(F)c(Cl)c2-c2c(C(N)=O)ccc(OCCO)c2F)O[C@]1(CNC1CCC(C(=O)N2CCC[C@@H]2CN2CCC(c3c(F)cc4c(N5CCC(=O)NC5=O)nn(C)c4c3F)CC2)CC1)c1ccccc1. The third-order valence-electron chi connectivity index (χ3n) is 16.1. The molecule has 1 aromatic heterocycles. The van der Waals surface area contributed by atoms with E-state index in [0.29, 0.717) is 70.3 Å². The molecule has 0 spiro atoms. The number of nitrogens with one attached hydrogen (secondary N) is 2. The van der Waals surface area contributed by atoms with Gasteiger partial charge >= 0.3 is 6.03 Å².